The molecule has 84 valence electrons. The molecule has 0 aliphatic heterocycles. The van der Waals surface area contributed by atoms with Gasteiger partial charge in [0.2, 0.25) is 0 Å². The zero-order valence-electron chi connectivity index (χ0n) is 9.12. The van der Waals surface area contributed by atoms with Crippen molar-refractivity contribution in [1.82, 2.24) is 5.32 Å². The Kier molecular flexibility index (Phi) is 4.39. The zero-order valence-corrected chi connectivity index (χ0v) is 9.88. The van der Waals surface area contributed by atoms with Crippen LogP contribution in [0.4, 0.5) is 0 Å². The molecule has 0 heterocycles. The first-order valence-electron chi connectivity index (χ1n) is 4.79. The first-order valence-corrected chi connectivity index (χ1v) is 5.16. The summed E-state index contributed by atoms with van der Waals surface area (Å²) in [5.74, 6) is 0.722. The summed E-state index contributed by atoms with van der Waals surface area (Å²) in [7, 11) is 3.39. The van der Waals surface area contributed by atoms with Crippen LogP contribution in [0.15, 0.2) is 18.2 Å². The van der Waals surface area contributed by atoms with E-state index >= 15 is 0 Å². The maximum atomic E-state index is 9.62. The van der Waals surface area contributed by atoms with Gasteiger partial charge in [0.25, 0.3) is 0 Å². The number of likely N-dealkylation sites (N-methyl/N-ethyl adjacent to an activating group) is 1. The largest absolute Gasteiger partial charge is 0.496 e. The molecule has 15 heavy (non-hydrogen) atoms. The second-order valence-corrected chi connectivity index (χ2v) is 3.83. The van der Waals surface area contributed by atoms with Crippen molar-refractivity contribution in [3.63, 3.8) is 0 Å². The lowest BCUT2D eigenvalue weighted by atomic mass is 10.0. The molecule has 0 aliphatic carbocycles. The van der Waals surface area contributed by atoms with Gasteiger partial charge in [-0.3, -0.25) is 0 Å². The Morgan fingerprint density at radius 1 is 1.47 bits per heavy atom. The predicted molar refractivity (Wildman–Crippen MR) is 61.5 cm³/mol. The number of aliphatic hydroxyl groups is 1. The Labute approximate surface area is 95.0 Å². The van der Waals surface area contributed by atoms with Crippen molar-refractivity contribution in [2.45, 2.75) is 19.1 Å². The van der Waals surface area contributed by atoms with Gasteiger partial charge in [-0.25, -0.2) is 0 Å². The highest BCUT2D eigenvalue weighted by Gasteiger charge is 2.19. The molecule has 0 saturated heterocycles. The average molecular weight is 230 g/mol. The van der Waals surface area contributed by atoms with Crippen molar-refractivity contribution in [2.24, 2.45) is 0 Å². The molecule has 1 aromatic carbocycles. The van der Waals surface area contributed by atoms with Crippen molar-refractivity contribution in [2.75, 3.05) is 14.2 Å². The second-order valence-electron chi connectivity index (χ2n) is 3.39. The molecule has 0 bridgehead atoms. The fourth-order valence-electron chi connectivity index (χ4n) is 1.60. The van der Waals surface area contributed by atoms with Crippen LogP contribution < -0.4 is 10.1 Å². The molecule has 2 N–H and O–H groups in total. The summed E-state index contributed by atoms with van der Waals surface area (Å²) in [5, 5.41) is 13.3. The number of aliphatic hydroxyl groups excluding tert-OH is 1. The van der Waals surface area contributed by atoms with E-state index in [2.05, 4.69) is 5.32 Å². The van der Waals surface area contributed by atoms with E-state index in [0.29, 0.717) is 5.02 Å². The lowest BCUT2D eigenvalue weighted by Gasteiger charge is -2.22. The van der Waals surface area contributed by atoms with E-state index in [9.17, 15) is 5.11 Å². The van der Waals surface area contributed by atoms with Crippen LogP contribution in [0, 0.1) is 0 Å². The van der Waals surface area contributed by atoms with Gasteiger partial charge in [0.15, 0.2) is 0 Å². The highest BCUT2D eigenvalue weighted by atomic mass is 35.5. The number of benzene rings is 1. The van der Waals surface area contributed by atoms with Gasteiger partial charge in [-0.2, -0.15) is 0 Å². The number of hydrogen-bond acceptors (Lipinski definition) is 3. The summed E-state index contributed by atoms with van der Waals surface area (Å²) in [6, 6.07) is 5.18. The summed E-state index contributed by atoms with van der Waals surface area (Å²) in [6.45, 7) is 1.72. The second kappa shape index (κ2) is 5.35. The molecule has 4 heteroatoms. The Bertz CT molecular complexity index is 328. The van der Waals surface area contributed by atoms with Crippen molar-refractivity contribution in [3.05, 3.63) is 28.8 Å². The molecule has 0 aliphatic rings. The zero-order chi connectivity index (χ0) is 11.4. The van der Waals surface area contributed by atoms with Gasteiger partial charge in [0, 0.05) is 10.6 Å². The van der Waals surface area contributed by atoms with E-state index in [1.54, 1.807) is 39.3 Å². The van der Waals surface area contributed by atoms with E-state index in [4.69, 9.17) is 16.3 Å². The smallest absolute Gasteiger partial charge is 0.123 e. The number of methoxy groups -OCH3 is 1. The minimum Gasteiger partial charge on any atom is -0.496 e. The standard InChI is InChI=1S/C11H16ClNO2/c1-7(14)11(13-2)9-6-8(12)4-5-10(9)15-3/h4-7,11,13-14H,1-3H3. The topological polar surface area (TPSA) is 41.5 Å². The highest BCUT2D eigenvalue weighted by Crippen LogP contribution is 2.29. The normalized spacial score (nSPS) is 14.7. The van der Waals surface area contributed by atoms with Gasteiger partial charge in [-0.1, -0.05) is 11.6 Å². The summed E-state index contributed by atoms with van der Waals surface area (Å²) >= 11 is 5.91. The number of ether oxygens (including phenoxy) is 1. The SMILES string of the molecule is CNC(c1cc(Cl)ccc1OC)C(C)O. The van der Waals surface area contributed by atoms with Gasteiger partial charge in [0.05, 0.1) is 19.3 Å². The molecule has 0 aromatic heterocycles. The number of rotatable bonds is 4. The van der Waals surface area contributed by atoms with Gasteiger partial charge in [-0.05, 0) is 32.2 Å². The third kappa shape index (κ3) is 2.84. The maximum Gasteiger partial charge on any atom is 0.123 e. The molecular weight excluding hydrogens is 214 g/mol. The molecule has 0 spiro atoms. The van der Waals surface area contributed by atoms with Crippen LogP contribution >= 0.6 is 11.6 Å². The molecule has 0 saturated carbocycles. The third-order valence-corrected chi connectivity index (χ3v) is 2.56. The lowest BCUT2D eigenvalue weighted by molar-refractivity contribution is 0.148. The molecule has 1 rings (SSSR count). The minimum atomic E-state index is -0.512. The molecule has 0 amide bonds. The van der Waals surface area contributed by atoms with Crippen LogP contribution in [0.25, 0.3) is 0 Å². The fraction of sp³-hybridized carbons (Fsp3) is 0.455. The molecular formula is C11H16ClNO2. The number of halogens is 1. The Balaban J connectivity index is 3.13. The van der Waals surface area contributed by atoms with E-state index in [1.165, 1.54) is 0 Å². The van der Waals surface area contributed by atoms with E-state index in [1.807, 2.05) is 0 Å². The Morgan fingerprint density at radius 2 is 2.13 bits per heavy atom. The minimum absolute atomic E-state index is 0.182. The van der Waals surface area contributed by atoms with E-state index in [0.717, 1.165) is 11.3 Å². The molecule has 1 aromatic rings. The van der Waals surface area contributed by atoms with Crippen LogP contribution in [-0.2, 0) is 0 Å². The van der Waals surface area contributed by atoms with Crippen LogP contribution in [0.2, 0.25) is 5.02 Å². The van der Waals surface area contributed by atoms with E-state index in [-0.39, 0.29) is 6.04 Å². The fourth-order valence-corrected chi connectivity index (χ4v) is 1.79. The lowest BCUT2D eigenvalue weighted by Crippen LogP contribution is -2.27. The first-order chi connectivity index (χ1) is 7.10. The quantitative estimate of drug-likeness (QED) is 0.830. The third-order valence-electron chi connectivity index (χ3n) is 2.32. The maximum absolute atomic E-state index is 9.62. The molecule has 2 atom stereocenters. The van der Waals surface area contributed by atoms with Gasteiger partial charge in [-0.15, -0.1) is 0 Å². The van der Waals surface area contributed by atoms with Crippen molar-refractivity contribution >= 4 is 11.6 Å². The molecule has 2 unspecified atom stereocenters. The van der Waals surface area contributed by atoms with Crippen LogP contribution in [-0.4, -0.2) is 25.4 Å². The summed E-state index contributed by atoms with van der Waals surface area (Å²) in [5.41, 5.74) is 0.863. The van der Waals surface area contributed by atoms with Gasteiger partial charge < -0.3 is 15.2 Å². The first kappa shape index (κ1) is 12.3. The average Bonchev–Trinajstić information content (AvgIpc) is 2.18. The van der Waals surface area contributed by atoms with Crippen LogP contribution in [0.1, 0.15) is 18.5 Å². The van der Waals surface area contributed by atoms with E-state index < -0.39 is 6.10 Å². The monoisotopic (exact) mass is 229 g/mol. The van der Waals surface area contributed by atoms with Crippen molar-refractivity contribution < 1.29 is 9.84 Å². The highest BCUT2D eigenvalue weighted by molar-refractivity contribution is 6.30. The molecule has 3 nitrogen and oxygen atoms in total. The van der Waals surface area contributed by atoms with Gasteiger partial charge in [0.1, 0.15) is 5.75 Å². The van der Waals surface area contributed by atoms with Crippen molar-refractivity contribution in [3.8, 4) is 5.75 Å². The summed E-state index contributed by atoms with van der Waals surface area (Å²) < 4.78 is 5.22. The summed E-state index contributed by atoms with van der Waals surface area (Å²) in [4.78, 5) is 0. The number of nitrogens with one attached hydrogen (secondary N) is 1. The number of hydrogen-bond donors (Lipinski definition) is 2. The van der Waals surface area contributed by atoms with Crippen LogP contribution in [0.5, 0.6) is 5.75 Å². The predicted octanol–water partition coefficient (Wildman–Crippen LogP) is 1.99. The molecule has 0 radical (unpaired) electrons. The van der Waals surface area contributed by atoms with Gasteiger partial charge >= 0.3 is 0 Å². The Hall–Kier alpha value is -0.770. The Morgan fingerprint density at radius 3 is 2.60 bits per heavy atom. The summed E-state index contributed by atoms with van der Waals surface area (Å²) in [6.07, 6.45) is -0.512. The molecule has 0 fully saturated rings. The van der Waals surface area contributed by atoms with Crippen LogP contribution in [0.3, 0.4) is 0 Å². The van der Waals surface area contributed by atoms with Crippen molar-refractivity contribution in [1.29, 1.82) is 0 Å².